The lowest BCUT2D eigenvalue weighted by atomic mass is 10.2. The number of hydrogen-bond acceptors (Lipinski definition) is 6. The van der Waals surface area contributed by atoms with E-state index in [1.54, 1.807) is 18.2 Å². The third-order valence-corrected chi connectivity index (χ3v) is 3.38. The summed E-state index contributed by atoms with van der Waals surface area (Å²) in [6.45, 7) is -2.94. The van der Waals surface area contributed by atoms with Gasteiger partial charge in [0.1, 0.15) is 0 Å². The van der Waals surface area contributed by atoms with Crippen molar-refractivity contribution >= 4 is 18.4 Å². The molecule has 0 radical (unpaired) electrons. The van der Waals surface area contributed by atoms with E-state index in [1.807, 2.05) is 0 Å². The third kappa shape index (κ3) is 3.74. The molecule has 130 valence electrons. The van der Waals surface area contributed by atoms with Crippen LogP contribution in [-0.4, -0.2) is 34.8 Å². The summed E-state index contributed by atoms with van der Waals surface area (Å²) in [7, 11) is 1.36. The molecule has 0 saturated carbocycles. The Kier molecular flexibility index (Phi) is 4.89. The van der Waals surface area contributed by atoms with Crippen LogP contribution in [0.4, 0.5) is 8.78 Å². The first kappa shape index (κ1) is 16.8. The Hall–Kier alpha value is -3.01. The summed E-state index contributed by atoms with van der Waals surface area (Å²) in [6, 6.07) is 7.87. The van der Waals surface area contributed by atoms with Gasteiger partial charge in [-0.1, -0.05) is 0 Å². The van der Waals surface area contributed by atoms with Gasteiger partial charge in [-0.15, -0.1) is 5.10 Å². The lowest BCUT2D eigenvalue weighted by Crippen LogP contribution is -2.03. The van der Waals surface area contributed by atoms with Crippen molar-refractivity contribution in [2.75, 3.05) is 7.11 Å². The lowest BCUT2D eigenvalue weighted by molar-refractivity contribution is -0.0512. The number of benzene rings is 1. The number of hydrogen-bond donors (Lipinski definition) is 1. The van der Waals surface area contributed by atoms with Crippen LogP contribution in [0.25, 0.3) is 11.6 Å². The van der Waals surface area contributed by atoms with Crippen LogP contribution in [-0.2, 0) is 0 Å². The number of aromatic nitrogens is 3. The lowest BCUT2D eigenvalue weighted by Gasteiger charge is -2.09. The first-order valence-corrected chi connectivity index (χ1v) is 7.38. The van der Waals surface area contributed by atoms with Gasteiger partial charge < -0.3 is 13.9 Å². The van der Waals surface area contributed by atoms with Crippen LogP contribution in [0.3, 0.4) is 0 Å². The standard InChI is InChI=1S/C15H12F2N4O3S/c1-22-12-7-9(4-5-10(12)24-14(16)17)8-18-21-13(19-20-15(21)25)11-3-2-6-23-11/h2-8,14H,1H3,(H,20,25). The molecule has 10 heteroatoms. The van der Waals surface area contributed by atoms with Gasteiger partial charge in [-0.2, -0.15) is 18.6 Å². The summed E-state index contributed by atoms with van der Waals surface area (Å²) < 4.78 is 41.1. The van der Waals surface area contributed by atoms with Crippen LogP contribution >= 0.6 is 12.2 Å². The van der Waals surface area contributed by atoms with Crippen molar-refractivity contribution < 1.29 is 22.7 Å². The van der Waals surface area contributed by atoms with Crippen molar-refractivity contribution in [2.45, 2.75) is 6.61 Å². The average Bonchev–Trinajstić information content (AvgIpc) is 3.23. The van der Waals surface area contributed by atoms with Gasteiger partial charge in [0.2, 0.25) is 10.6 Å². The molecule has 0 fully saturated rings. The number of furan rings is 1. The number of nitrogens with zero attached hydrogens (tertiary/aromatic N) is 3. The summed E-state index contributed by atoms with van der Waals surface area (Å²) in [5, 5.41) is 10.9. The van der Waals surface area contributed by atoms with Crippen molar-refractivity contribution in [1.29, 1.82) is 0 Å². The van der Waals surface area contributed by atoms with E-state index in [2.05, 4.69) is 20.0 Å². The highest BCUT2D eigenvalue weighted by molar-refractivity contribution is 7.71. The molecule has 0 aliphatic heterocycles. The molecule has 0 amide bonds. The summed E-state index contributed by atoms with van der Waals surface area (Å²) >= 11 is 5.14. The molecule has 0 aliphatic rings. The van der Waals surface area contributed by atoms with Crippen molar-refractivity contribution in [1.82, 2.24) is 14.9 Å². The Labute approximate surface area is 145 Å². The van der Waals surface area contributed by atoms with Gasteiger partial charge in [0.25, 0.3) is 0 Å². The quantitative estimate of drug-likeness (QED) is 0.532. The summed E-state index contributed by atoms with van der Waals surface area (Å²) in [5.41, 5.74) is 0.590. The normalized spacial score (nSPS) is 11.4. The zero-order valence-electron chi connectivity index (χ0n) is 12.8. The fourth-order valence-electron chi connectivity index (χ4n) is 2.05. The number of rotatable bonds is 6. The van der Waals surface area contributed by atoms with Gasteiger partial charge >= 0.3 is 6.61 Å². The zero-order chi connectivity index (χ0) is 17.8. The second-order valence-electron chi connectivity index (χ2n) is 4.67. The minimum Gasteiger partial charge on any atom is -0.493 e. The molecule has 0 aliphatic carbocycles. The van der Waals surface area contributed by atoms with E-state index in [4.69, 9.17) is 21.4 Å². The second-order valence-corrected chi connectivity index (χ2v) is 5.06. The van der Waals surface area contributed by atoms with Crippen LogP contribution in [0.15, 0.2) is 46.1 Å². The molecule has 1 N–H and O–H groups in total. The summed E-state index contributed by atoms with van der Waals surface area (Å²) in [6.07, 6.45) is 2.99. The highest BCUT2D eigenvalue weighted by atomic mass is 32.1. The van der Waals surface area contributed by atoms with Crippen LogP contribution in [0.1, 0.15) is 5.56 Å². The van der Waals surface area contributed by atoms with Gasteiger partial charge in [-0.05, 0) is 48.1 Å². The number of aromatic amines is 1. The number of H-pyrrole nitrogens is 1. The molecule has 0 atom stereocenters. The molecular formula is C15H12F2N4O3S. The zero-order valence-corrected chi connectivity index (χ0v) is 13.7. The Morgan fingerprint density at radius 2 is 2.20 bits per heavy atom. The molecule has 0 spiro atoms. The van der Waals surface area contributed by atoms with E-state index in [0.717, 1.165) is 0 Å². The molecule has 3 rings (SSSR count). The summed E-state index contributed by atoms with van der Waals surface area (Å²) in [5.74, 6) is 0.982. The molecule has 25 heavy (non-hydrogen) atoms. The monoisotopic (exact) mass is 366 g/mol. The Morgan fingerprint density at radius 1 is 1.36 bits per heavy atom. The SMILES string of the molecule is COc1cc(C=Nn2c(-c3ccco3)n[nH]c2=S)ccc1OC(F)F. The molecule has 7 nitrogen and oxygen atoms in total. The number of ether oxygens (including phenoxy) is 2. The molecule has 0 saturated heterocycles. The molecule has 3 aromatic rings. The molecule has 0 unspecified atom stereocenters. The highest BCUT2D eigenvalue weighted by Gasteiger charge is 2.12. The molecule has 0 bridgehead atoms. The molecular weight excluding hydrogens is 354 g/mol. The van der Waals surface area contributed by atoms with E-state index < -0.39 is 6.61 Å². The fourth-order valence-corrected chi connectivity index (χ4v) is 2.23. The van der Waals surface area contributed by atoms with Crippen molar-refractivity contribution in [3.63, 3.8) is 0 Å². The van der Waals surface area contributed by atoms with Gasteiger partial charge in [-0.3, -0.25) is 0 Å². The fraction of sp³-hybridized carbons (Fsp3) is 0.133. The van der Waals surface area contributed by atoms with Crippen LogP contribution < -0.4 is 9.47 Å². The Morgan fingerprint density at radius 3 is 2.88 bits per heavy atom. The number of alkyl halides is 2. The minimum absolute atomic E-state index is 0.0640. The maximum absolute atomic E-state index is 12.4. The van der Waals surface area contributed by atoms with Crippen molar-refractivity contribution in [3.05, 3.63) is 46.9 Å². The van der Waals surface area contributed by atoms with Gasteiger partial charge in [0.15, 0.2) is 17.3 Å². The molecule has 2 aromatic heterocycles. The number of halogens is 2. The van der Waals surface area contributed by atoms with Gasteiger partial charge in [0.05, 0.1) is 19.6 Å². The first-order valence-electron chi connectivity index (χ1n) is 6.97. The number of methoxy groups -OCH3 is 1. The minimum atomic E-state index is -2.94. The number of nitrogens with one attached hydrogen (secondary N) is 1. The average molecular weight is 366 g/mol. The second kappa shape index (κ2) is 7.26. The van der Waals surface area contributed by atoms with Crippen molar-refractivity contribution in [3.8, 4) is 23.1 Å². The van der Waals surface area contributed by atoms with Crippen LogP contribution in [0.2, 0.25) is 0 Å². The Bertz CT molecular complexity index is 935. The Balaban J connectivity index is 1.91. The van der Waals surface area contributed by atoms with E-state index in [1.165, 1.54) is 36.4 Å². The van der Waals surface area contributed by atoms with Crippen LogP contribution in [0, 0.1) is 4.77 Å². The van der Waals surface area contributed by atoms with Gasteiger partial charge in [-0.25, -0.2) is 5.10 Å². The maximum atomic E-state index is 12.4. The smallest absolute Gasteiger partial charge is 0.387 e. The topological polar surface area (TPSA) is 77.6 Å². The highest BCUT2D eigenvalue weighted by Crippen LogP contribution is 2.29. The first-order chi connectivity index (χ1) is 12.1. The maximum Gasteiger partial charge on any atom is 0.387 e. The molecule has 1 aromatic carbocycles. The molecule has 2 heterocycles. The predicted octanol–water partition coefficient (Wildman–Crippen LogP) is 3.69. The van der Waals surface area contributed by atoms with E-state index in [0.29, 0.717) is 17.1 Å². The van der Waals surface area contributed by atoms with Gasteiger partial charge in [0, 0.05) is 0 Å². The van der Waals surface area contributed by atoms with Crippen LogP contribution in [0.5, 0.6) is 11.5 Å². The van der Waals surface area contributed by atoms with E-state index in [-0.39, 0.29) is 16.3 Å². The van der Waals surface area contributed by atoms with Crippen molar-refractivity contribution in [2.24, 2.45) is 5.10 Å². The largest absolute Gasteiger partial charge is 0.493 e. The summed E-state index contributed by atoms with van der Waals surface area (Å²) in [4.78, 5) is 0. The predicted molar refractivity (Wildman–Crippen MR) is 87.7 cm³/mol. The third-order valence-electron chi connectivity index (χ3n) is 3.12. The van der Waals surface area contributed by atoms with E-state index in [9.17, 15) is 8.78 Å². The van der Waals surface area contributed by atoms with E-state index >= 15 is 0 Å².